The number of Topliss-reactive ketones (excluding diaryl/α,β-unsaturated/α-hetero) is 1. The average Bonchev–Trinajstić information content (AvgIpc) is 2.27. The zero-order valence-electron chi connectivity index (χ0n) is 9.06. The van der Waals surface area contributed by atoms with Gasteiger partial charge in [0.15, 0.2) is 5.78 Å². The van der Waals surface area contributed by atoms with Crippen LogP contribution in [0.3, 0.4) is 0 Å². The van der Waals surface area contributed by atoms with Crippen LogP contribution in [0.15, 0.2) is 23.1 Å². The quantitative estimate of drug-likeness (QED) is 0.382. The molecule has 0 saturated heterocycles. The van der Waals surface area contributed by atoms with Crippen molar-refractivity contribution >= 4 is 49.4 Å². The third kappa shape index (κ3) is 4.59. The van der Waals surface area contributed by atoms with Crippen molar-refractivity contribution in [3.63, 3.8) is 0 Å². The Morgan fingerprint density at radius 2 is 1.94 bits per heavy atom. The van der Waals surface area contributed by atoms with Gasteiger partial charge in [0.05, 0.1) is 0 Å². The van der Waals surface area contributed by atoms with Crippen LogP contribution in [0.2, 0.25) is 0 Å². The van der Waals surface area contributed by atoms with E-state index in [-0.39, 0.29) is 34.2 Å². The van der Waals surface area contributed by atoms with Gasteiger partial charge in [0.2, 0.25) is 0 Å². The molecule has 0 amide bonds. The molecule has 0 unspecified atom stereocenters. The smallest absolute Gasteiger partial charge is 0.294 e. The third-order valence-corrected chi connectivity index (χ3v) is 3.91. The van der Waals surface area contributed by atoms with Crippen molar-refractivity contribution in [3.05, 3.63) is 29.3 Å². The number of carbonyl (C=O) groups is 1. The second-order valence-electron chi connectivity index (χ2n) is 3.33. The van der Waals surface area contributed by atoms with Gasteiger partial charge >= 0.3 is 5.51 Å². The molecule has 0 atom stereocenters. The molecule has 7 heteroatoms. The molecule has 0 spiro atoms. The Bertz CT molecular complexity index is 435. The van der Waals surface area contributed by atoms with Crippen molar-refractivity contribution < 1.29 is 18.0 Å². The third-order valence-electron chi connectivity index (χ3n) is 2.11. The normalized spacial score (nSPS) is 11.6. The predicted octanol–water partition coefficient (Wildman–Crippen LogP) is 5.16. The van der Waals surface area contributed by atoms with E-state index in [1.54, 1.807) is 6.07 Å². The van der Waals surface area contributed by atoms with Crippen LogP contribution in [0.25, 0.3) is 0 Å². The van der Waals surface area contributed by atoms with Gasteiger partial charge in [-0.3, -0.25) is 4.79 Å². The van der Waals surface area contributed by atoms with Crippen LogP contribution in [0, 0.1) is 0 Å². The lowest BCUT2D eigenvalue weighted by molar-refractivity contribution is -0.0328. The molecule has 0 N–H and O–H groups in total. The Hall–Kier alpha value is -0.0100. The Kier molecular flexibility index (Phi) is 6.20. The first-order valence-electron chi connectivity index (χ1n) is 4.91. The molecule has 18 heavy (non-hydrogen) atoms. The minimum atomic E-state index is -4.35. The Labute approximate surface area is 124 Å². The molecular weight excluding hydrogens is 397 g/mol. The minimum absolute atomic E-state index is 0.0693. The summed E-state index contributed by atoms with van der Waals surface area (Å²) in [4.78, 5) is 11.9. The highest BCUT2D eigenvalue weighted by Crippen LogP contribution is 2.40. The summed E-state index contributed by atoms with van der Waals surface area (Å²) in [6.07, 6.45) is 0.264. The van der Waals surface area contributed by atoms with Gasteiger partial charge in [0, 0.05) is 27.5 Å². The maximum atomic E-state index is 12.4. The molecule has 0 fully saturated rings. The summed E-state index contributed by atoms with van der Waals surface area (Å²) >= 11 is 6.09. The number of carbonyl (C=O) groups excluding carboxylic acids is 1. The topological polar surface area (TPSA) is 17.1 Å². The highest BCUT2D eigenvalue weighted by atomic mass is 79.9. The second kappa shape index (κ2) is 6.96. The molecule has 1 rings (SSSR count). The molecule has 0 saturated carbocycles. The SMILES string of the molecule is O=C(CCBr)c1cccc(SC(F)(F)F)c1CBr. The molecule has 0 radical (unpaired) electrons. The summed E-state index contributed by atoms with van der Waals surface area (Å²) in [6, 6.07) is 4.41. The summed E-state index contributed by atoms with van der Waals surface area (Å²) in [5.74, 6) is -0.161. The van der Waals surface area contributed by atoms with Crippen molar-refractivity contribution in [2.24, 2.45) is 0 Å². The molecule has 0 heterocycles. The van der Waals surface area contributed by atoms with Crippen LogP contribution in [0.1, 0.15) is 22.3 Å². The molecule has 0 bridgehead atoms. The molecule has 1 aromatic rings. The van der Waals surface area contributed by atoms with Gasteiger partial charge in [0.1, 0.15) is 0 Å². The van der Waals surface area contributed by atoms with Gasteiger partial charge in [-0.25, -0.2) is 0 Å². The monoisotopic (exact) mass is 404 g/mol. The maximum Gasteiger partial charge on any atom is 0.446 e. The summed E-state index contributed by atoms with van der Waals surface area (Å²) in [5, 5.41) is 0.708. The largest absolute Gasteiger partial charge is 0.446 e. The van der Waals surface area contributed by atoms with Gasteiger partial charge in [-0.15, -0.1) is 0 Å². The fourth-order valence-corrected chi connectivity index (χ4v) is 3.26. The minimum Gasteiger partial charge on any atom is -0.294 e. The van der Waals surface area contributed by atoms with Crippen LogP contribution < -0.4 is 0 Å². The Morgan fingerprint density at radius 3 is 2.44 bits per heavy atom. The highest BCUT2D eigenvalue weighted by molar-refractivity contribution is 9.09. The van der Waals surface area contributed by atoms with Gasteiger partial charge in [-0.2, -0.15) is 13.2 Å². The van der Waals surface area contributed by atoms with E-state index in [1.165, 1.54) is 12.1 Å². The molecule has 1 aromatic carbocycles. The van der Waals surface area contributed by atoms with Crippen molar-refractivity contribution in [3.8, 4) is 0 Å². The molecule has 100 valence electrons. The molecule has 0 aliphatic heterocycles. The summed E-state index contributed by atoms with van der Waals surface area (Å²) < 4.78 is 37.2. The van der Waals surface area contributed by atoms with E-state index in [4.69, 9.17) is 0 Å². The predicted molar refractivity (Wildman–Crippen MR) is 73.7 cm³/mol. The first kappa shape index (κ1) is 16.0. The lowest BCUT2D eigenvalue weighted by Crippen LogP contribution is -2.07. The van der Waals surface area contributed by atoms with Gasteiger partial charge in [-0.1, -0.05) is 44.0 Å². The molecule has 0 aliphatic carbocycles. The number of halogens is 5. The van der Waals surface area contributed by atoms with Crippen molar-refractivity contribution in [2.45, 2.75) is 22.2 Å². The summed E-state index contributed by atoms with van der Waals surface area (Å²) in [6.45, 7) is 0. The number of benzene rings is 1. The van der Waals surface area contributed by atoms with E-state index in [0.717, 1.165) is 0 Å². The number of ketones is 1. The maximum absolute atomic E-state index is 12.4. The Balaban J connectivity index is 3.14. The lowest BCUT2D eigenvalue weighted by Gasteiger charge is -2.13. The van der Waals surface area contributed by atoms with Crippen molar-refractivity contribution in [2.75, 3.05) is 5.33 Å². The van der Waals surface area contributed by atoms with Gasteiger partial charge in [0.25, 0.3) is 0 Å². The van der Waals surface area contributed by atoms with E-state index in [1.807, 2.05) is 0 Å². The van der Waals surface area contributed by atoms with E-state index < -0.39 is 5.51 Å². The number of rotatable bonds is 5. The van der Waals surface area contributed by atoms with E-state index in [2.05, 4.69) is 31.9 Å². The van der Waals surface area contributed by atoms with Crippen LogP contribution in [-0.2, 0) is 5.33 Å². The zero-order valence-corrected chi connectivity index (χ0v) is 13.0. The summed E-state index contributed by atoms with van der Waals surface area (Å²) in [7, 11) is 0. The number of alkyl halides is 5. The first-order valence-corrected chi connectivity index (χ1v) is 7.97. The highest BCUT2D eigenvalue weighted by Gasteiger charge is 2.31. The van der Waals surface area contributed by atoms with Gasteiger partial charge in [-0.05, 0) is 23.4 Å². The number of thioether (sulfide) groups is 1. The molecule has 0 aromatic heterocycles. The van der Waals surface area contributed by atoms with Crippen molar-refractivity contribution in [1.82, 2.24) is 0 Å². The summed E-state index contributed by atoms with van der Waals surface area (Å²) in [5.41, 5.74) is -3.61. The second-order valence-corrected chi connectivity index (χ2v) is 5.79. The average molecular weight is 406 g/mol. The molecule has 0 aliphatic rings. The first-order chi connectivity index (χ1) is 8.39. The van der Waals surface area contributed by atoms with Crippen LogP contribution in [0.4, 0.5) is 13.2 Å². The fourth-order valence-electron chi connectivity index (χ4n) is 1.41. The van der Waals surface area contributed by atoms with E-state index >= 15 is 0 Å². The zero-order chi connectivity index (χ0) is 13.8. The van der Waals surface area contributed by atoms with Crippen molar-refractivity contribution in [1.29, 1.82) is 0 Å². The van der Waals surface area contributed by atoms with Crippen LogP contribution in [-0.4, -0.2) is 16.6 Å². The van der Waals surface area contributed by atoms with Crippen LogP contribution in [0.5, 0.6) is 0 Å². The number of hydrogen-bond acceptors (Lipinski definition) is 2. The standard InChI is InChI=1S/C11H9Br2F3OS/c12-5-4-9(17)7-2-1-3-10(8(7)6-13)18-11(14,15)16/h1-3H,4-6H2. The lowest BCUT2D eigenvalue weighted by atomic mass is 10.0. The van der Waals surface area contributed by atoms with E-state index in [9.17, 15) is 18.0 Å². The van der Waals surface area contributed by atoms with E-state index in [0.29, 0.717) is 16.5 Å². The Morgan fingerprint density at radius 1 is 1.28 bits per heavy atom. The molecule has 1 nitrogen and oxygen atoms in total. The fraction of sp³-hybridized carbons (Fsp3) is 0.364. The number of hydrogen-bond donors (Lipinski definition) is 0. The van der Waals surface area contributed by atoms with Gasteiger partial charge < -0.3 is 0 Å². The van der Waals surface area contributed by atoms with Crippen LogP contribution >= 0.6 is 43.6 Å². The molecular formula is C11H9Br2F3OS.